The highest BCUT2D eigenvalue weighted by Gasteiger charge is 2.11. The molecule has 1 N–H and O–H groups in total. The molecule has 0 aliphatic carbocycles. The Hall–Kier alpha value is -2.02. The number of nitrogens with one attached hydrogen (secondary N) is 1. The molecule has 0 radical (unpaired) electrons. The van der Waals surface area contributed by atoms with Crippen LogP contribution in [0.25, 0.3) is 0 Å². The number of halogens is 1. The van der Waals surface area contributed by atoms with Crippen LogP contribution in [0.3, 0.4) is 0 Å². The highest BCUT2D eigenvalue weighted by Crippen LogP contribution is 2.17. The van der Waals surface area contributed by atoms with Gasteiger partial charge in [-0.1, -0.05) is 0 Å². The first-order valence-corrected chi connectivity index (χ1v) is 5.53. The van der Waals surface area contributed by atoms with Crippen molar-refractivity contribution in [1.29, 1.82) is 5.26 Å². The van der Waals surface area contributed by atoms with Gasteiger partial charge in [0.05, 0.1) is 30.1 Å². The predicted octanol–water partition coefficient (Wildman–Crippen LogP) is 2.80. The molecule has 0 aromatic heterocycles. The molecule has 0 saturated heterocycles. The van der Waals surface area contributed by atoms with E-state index in [0.717, 1.165) is 12.8 Å². The number of nitrogens with zero attached hydrogens (tertiary/aromatic N) is 1. The van der Waals surface area contributed by atoms with Gasteiger partial charge in [0.1, 0.15) is 11.9 Å². The number of hydrogen-bond acceptors (Lipinski definition) is 3. The summed E-state index contributed by atoms with van der Waals surface area (Å²) in [5.74, 6) is -0.407. The molecule has 1 aliphatic heterocycles. The highest BCUT2D eigenvalue weighted by atomic mass is 19.1. The molecule has 1 aromatic carbocycles. The van der Waals surface area contributed by atoms with Crippen LogP contribution >= 0.6 is 0 Å². The molecule has 1 unspecified atom stereocenters. The van der Waals surface area contributed by atoms with Gasteiger partial charge < -0.3 is 10.1 Å². The van der Waals surface area contributed by atoms with E-state index in [1.54, 1.807) is 18.4 Å². The molecule has 0 saturated carbocycles. The lowest BCUT2D eigenvalue weighted by molar-refractivity contribution is 0.135. The van der Waals surface area contributed by atoms with Crippen LogP contribution in [-0.4, -0.2) is 12.6 Å². The number of ether oxygens (including phenoxy) is 1. The van der Waals surface area contributed by atoms with Gasteiger partial charge in [-0.05, 0) is 37.1 Å². The molecule has 17 heavy (non-hydrogen) atoms. The Morgan fingerprint density at radius 3 is 3.06 bits per heavy atom. The summed E-state index contributed by atoms with van der Waals surface area (Å²) in [6.45, 7) is 0.563. The first-order chi connectivity index (χ1) is 8.29. The molecule has 0 spiro atoms. The molecule has 1 heterocycles. The number of rotatable bonds is 3. The summed E-state index contributed by atoms with van der Waals surface area (Å²) in [4.78, 5) is 0. The van der Waals surface area contributed by atoms with Crippen molar-refractivity contribution in [2.24, 2.45) is 0 Å². The number of benzene rings is 1. The van der Waals surface area contributed by atoms with E-state index in [-0.39, 0.29) is 6.10 Å². The third-order valence-electron chi connectivity index (χ3n) is 2.64. The van der Waals surface area contributed by atoms with Crippen LogP contribution in [0.1, 0.15) is 18.4 Å². The maximum atomic E-state index is 13.5. The Balaban J connectivity index is 1.95. The van der Waals surface area contributed by atoms with E-state index >= 15 is 0 Å². The smallest absolute Gasteiger partial charge is 0.147 e. The fourth-order valence-electron chi connectivity index (χ4n) is 1.69. The molecule has 88 valence electrons. The van der Waals surface area contributed by atoms with E-state index in [4.69, 9.17) is 10.00 Å². The Morgan fingerprint density at radius 1 is 1.53 bits per heavy atom. The van der Waals surface area contributed by atoms with Crippen molar-refractivity contribution in [2.75, 3.05) is 11.9 Å². The number of hydrogen-bond donors (Lipinski definition) is 1. The highest BCUT2D eigenvalue weighted by molar-refractivity contribution is 5.48. The Kier molecular flexibility index (Phi) is 3.61. The predicted molar refractivity (Wildman–Crippen MR) is 62.9 cm³/mol. The molecule has 0 bridgehead atoms. The first-order valence-electron chi connectivity index (χ1n) is 5.53. The van der Waals surface area contributed by atoms with Crippen molar-refractivity contribution >= 4 is 5.69 Å². The summed E-state index contributed by atoms with van der Waals surface area (Å²) in [7, 11) is 0. The standard InChI is InChI=1S/C13H13FN2O/c14-12-7-10(8-15)4-5-13(12)16-9-11-3-1-2-6-17-11/h2,4-7,11,16H,1,3,9H2. The summed E-state index contributed by atoms with van der Waals surface area (Å²) in [5, 5.41) is 11.6. The zero-order valence-corrected chi connectivity index (χ0v) is 9.32. The van der Waals surface area contributed by atoms with Crippen LogP contribution in [0.4, 0.5) is 10.1 Å². The molecule has 1 atom stereocenters. The maximum Gasteiger partial charge on any atom is 0.147 e. The Labute approximate surface area is 99.5 Å². The van der Waals surface area contributed by atoms with Crippen LogP contribution in [0, 0.1) is 17.1 Å². The van der Waals surface area contributed by atoms with Gasteiger partial charge in [-0.15, -0.1) is 0 Å². The van der Waals surface area contributed by atoms with Gasteiger partial charge in [-0.2, -0.15) is 5.26 Å². The minimum atomic E-state index is -0.407. The van der Waals surface area contributed by atoms with Crippen molar-refractivity contribution in [2.45, 2.75) is 18.9 Å². The fourth-order valence-corrected chi connectivity index (χ4v) is 1.69. The minimum absolute atomic E-state index is 0.0787. The van der Waals surface area contributed by atoms with Crippen molar-refractivity contribution < 1.29 is 9.13 Å². The van der Waals surface area contributed by atoms with Crippen molar-refractivity contribution in [3.63, 3.8) is 0 Å². The van der Waals surface area contributed by atoms with E-state index in [0.29, 0.717) is 17.8 Å². The van der Waals surface area contributed by atoms with Crippen LogP contribution in [0.2, 0.25) is 0 Å². The fraction of sp³-hybridized carbons (Fsp3) is 0.308. The van der Waals surface area contributed by atoms with Crippen LogP contribution in [0.15, 0.2) is 30.5 Å². The van der Waals surface area contributed by atoms with Gasteiger partial charge in [0, 0.05) is 0 Å². The molecule has 0 amide bonds. The van der Waals surface area contributed by atoms with Crippen molar-refractivity contribution in [3.8, 4) is 6.07 Å². The monoisotopic (exact) mass is 232 g/mol. The van der Waals surface area contributed by atoms with E-state index < -0.39 is 5.82 Å². The average Bonchev–Trinajstić information content (AvgIpc) is 2.38. The zero-order chi connectivity index (χ0) is 12.1. The molecule has 3 nitrogen and oxygen atoms in total. The van der Waals surface area contributed by atoms with Crippen LogP contribution in [-0.2, 0) is 4.74 Å². The average molecular weight is 232 g/mol. The van der Waals surface area contributed by atoms with E-state index in [2.05, 4.69) is 5.32 Å². The Bertz CT molecular complexity index is 465. The van der Waals surface area contributed by atoms with E-state index in [1.807, 2.05) is 12.1 Å². The van der Waals surface area contributed by atoms with Gasteiger partial charge in [0.2, 0.25) is 0 Å². The summed E-state index contributed by atoms with van der Waals surface area (Å²) in [5.41, 5.74) is 0.729. The lowest BCUT2D eigenvalue weighted by Crippen LogP contribution is -2.23. The summed E-state index contributed by atoms with van der Waals surface area (Å²) in [6, 6.07) is 6.29. The van der Waals surface area contributed by atoms with Crippen LogP contribution < -0.4 is 5.32 Å². The Morgan fingerprint density at radius 2 is 2.41 bits per heavy atom. The second kappa shape index (κ2) is 5.35. The molecule has 2 rings (SSSR count). The van der Waals surface area contributed by atoms with Gasteiger partial charge in [-0.25, -0.2) is 4.39 Å². The second-order valence-electron chi connectivity index (χ2n) is 3.89. The van der Waals surface area contributed by atoms with E-state index in [9.17, 15) is 4.39 Å². The lowest BCUT2D eigenvalue weighted by Gasteiger charge is -2.20. The third-order valence-corrected chi connectivity index (χ3v) is 2.64. The number of nitriles is 1. The maximum absolute atomic E-state index is 13.5. The topological polar surface area (TPSA) is 45.0 Å². The van der Waals surface area contributed by atoms with Gasteiger partial charge in [-0.3, -0.25) is 0 Å². The summed E-state index contributed by atoms with van der Waals surface area (Å²) >= 11 is 0. The SMILES string of the molecule is N#Cc1ccc(NCC2CCC=CO2)c(F)c1. The normalized spacial score (nSPS) is 18.2. The zero-order valence-electron chi connectivity index (χ0n) is 9.32. The minimum Gasteiger partial charge on any atom is -0.497 e. The molecule has 1 aliphatic rings. The number of allylic oxidation sites excluding steroid dienone is 1. The van der Waals surface area contributed by atoms with Gasteiger partial charge in [0.25, 0.3) is 0 Å². The quantitative estimate of drug-likeness (QED) is 0.871. The largest absolute Gasteiger partial charge is 0.497 e. The van der Waals surface area contributed by atoms with Crippen LogP contribution in [0.5, 0.6) is 0 Å². The molecule has 0 fully saturated rings. The molecular weight excluding hydrogens is 219 g/mol. The van der Waals surface area contributed by atoms with Gasteiger partial charge in [0.15, 0.2) is 0 Å². The number of anilines is 1. The van der Waals surface area contributed by atoms with Gasteiger partial charge >= 0.3 is 0 Å². The first kappa shape index (κ1) is 11.5. The van der Waals surface area contributed by atoms with Crippen molar-refractivity contribution in [3.05, 3.63) is 41.9 Å². The third kappa shape index (κ3) is 2.97. The summed E-state index contributed by atoms with van der Waals surface area (Å²) in [6.07, 6.45) is 5.66. The van der Waals surface area contributed by atoms with E-state index in [1.165, 1.54) is 6.07 Å². The molecule has 1 aromatic rings. The summed E-state index contributed by atoms with van der Waals surface area (Å²) < 4.78 is 18.9. The second-order valence-corrected chi connectivity index (χ2v) is 3.89. The molecular formula is C13H13FN2O. The lowest BCUT2D eigenvalue weighted by atomic mass is 10.1. The molecule has 4 heteroatoms. The van der Waals surface area contributed by atoms with Crippen molar-refractivity contribution in [1.82, 2.24) is 0 Å².